The molecule has 0 amide bonds. The Morgan fingerprint density at radius 3 is 2.07 bits per heavy atom. The second-order valence-corrected chi connectivity index (χ2v) is 5.70. The molecule has 0 heterocycles. The molecule has 2 N–H and O–H groups in total. The Morgan fingerprint density at radius 2 is 1.64 bits per heavy atom. The largest absolute Gasteiger partial charge is 0.396 e. The fourth-order valence-corrected chi connectivity index (χ4v) is 3.15. The normalized spacial score (nSPS) is 13.5. The first-order chi connectivity index (χ1) is 6.76. The third-order valence-corrected chi connectivity index (χ3v) is 4.51. The molecule has 0 aliphatic rings. The Labute approximate surface area is 89.8 Å². The summed E-state index contributed by atoms with van der Waals surface area (Å²) in [4.78, 5) is 0. The predicted octanol–water partition coefficient (Wildman–Crippen LogP) is 1.73. The molecule has 4 heteroatoms. The van der Waals surface area contributed by atoms with Crippen LogP contribution in [0.3, 0.4) is 0 Å². The zero-order valence-electron chi connectivity index (χ0n) is 9.79. The summed E-state index contributed by atoms with van der Waals surface area (Å²) in [6.45, 7) is 7.64. The molecule has 1 unspecified atom stereocenters. The van der Waals surface area contributed by atoms with Gasteiger partial charge in [-0.2, -0.15) is 0 Å². The lowest BCUT2D eigenvalue weighted by Gasteiger charge is -2.21. The maximum absolute atomic E-state index is 6.04. The maximum Gasteiger partial charge on any atom is 0.338 e. The van der Waals surface area contributed by atoms with Crippen LogP contribution in [0, 0.1) is 0 Å². The van der Waals surface area contributed by atoms with Gasteiger partial charge < -0.3 is 14.6 Å². The third-order valence-electron chi connectivity index (χ3n) is 2.15. The van der Waals surface area contributed by atoms with Gasteiger partial charge in [0.05, 0.1) is 0 Å². The van der Waals surface area contributed by atoms with E-state index in [-0.39, 0.29) is 5.67 Å². The van der Waals surface area contributed by atoms with E-state index in [1.165, 1.54) is 19.3 Å². The van der Waals surface area contributed by atoms with Gasteiger partial charge >= 0.3 is 9.28 Å². The molecule has 0 fully saturated rings. The molecule has 0 bridgehead atoms. The average molecular weight is 219 g/mol. The highest BCUT2D eigenvalue weighted by atomic mass is 28.3. The van der Waals surface area contributed by atoms with Gasteiger partial charge in [0.1, 0.15) is 0 Å². The van der Waals surface area contributed by atoms with Crippen molar-refractivity contribution < 1.29 is 8.85 Å². The van der Waals surface area contributed by atoms with Gasteiger partial charge in [-0.15, -0.1) is 0 Å². The molecule has 0 saturated carbocycles. The highest BCUT2D eigenvalue weighted by molar-refractivity contribution is 6.46. The number of hydrogen-bond acceptors (Lipinski definition) is 3. The standard InChI is InChI=1S/C10H25NO2Si/c1-4-7-8-9-10(11)14(12-5-2)13-6-3/h10,14H,4-9,11H2,1-3H3. The second-order valence-electron chi connectivity index (χ2n) is 3.44. The van der Waals surface area contributed by atoms with Crippen LogP contribution in [0.2, 0.25) is 0 Å². The Kier molecular flexibility index (Phi) is 9.71. The van der Waals surface area contributed by atoms with Crippen molar-refractivity contribution in [3.05, 3.63) is 0 Å². The van der Waals surface area contributed by atoms with E-state index in [2.05, 4.69) is 6.92 Å². The van der Waals surface area contributed by atoms with Crippen LogP contribution >= 0.6 is 0 Å². The van der Waals surface area contributed by atoms with Crippen molar-refractivity contribution in [1.82, 2.24) is 0 Å². The van der Waals surface area contributed by atoms with Gasteiger partial charge in [0.15, 0.2) is 0 Å². The first-order valence-corrected chi connectivity index (χ1v) is 7.35. The topological polar surface area (TPSA) is 44.5 Å². The zero-order valence-corrected chi connectivity index (χ0v) is 10.9. The Bertz CT molecular complexity index is 119. The van der Waals surface area contributed by atoms with Crippen molar-refractivity contribution in [2.24, 2.45) is 5.73 Å². The summed E-state index contributed by atoms with van der Waals surface area (Å²) in [6, 6.07) is 0. The fraction of sp³-hybridized carbons (Fsp3) is 1.00. The van der Waals surface area contributed by atoms with Crippen molar-refractivity contribution in [3.8, 4) is 0 Å². The fourth-order valence-electron chi connectivity index (χ4n) is 1.39. The minimum Gasteiger partial charge on any atom is -0.396 e. The van der Waals surface area contributed by atoms with E-state index in [9.17, 15) is 0 Å². The van der Waals surface area contributed by atoms with Crippen molar-refractivity contribution >= 4 is 9.28 Å². The SMILES string of the molecule is CCCCCC(N)[SiH](OCC)OCC. The van der Waals surface area contributed by atoms with Gasteiger partial charge in [-0.05, 0) is 20.3 Å². The van der Waals surface area contributed by atoms with Gasteiger partial charge in [0, 0.05) is 18.9 Å². The quantitative estimate of drug-likeness (QED) is 0.474. The molecular weight excluding hydrogens is 194 g/mol. The summed E-state index contributed by atoms with van der Waals surface area (Å²) in [5, 5.41) is 0. The minimum atomic E-state index is -1.59. The maximum atomic E-state index is 6.04. The first-order valence-electron chi connectivity index (χ1n) is 5.74. The van der Waals surface area contributed by atoms with Crippen molar-refractivity contribution in [1.29, 1.82) is 0 Å². The molecule has 0 spiro atoms. The lowest BCUT2D eigenvalue weighted by atomic mass is 10.2. The molecular formula is C10H25NO2Si. The second kappa shape index (κ2) is 9.64. The van der Waals surface area contributed by atoms with Crippen molar-refractivity contribution in [2.45, 2.75) is 52.1 Å². The van der Waals surface area contributed by atoms with Crippen LogP contribution in [0.5, 0.6) is 0 Å². The van der Waals surface area contributed by atoms with Crippen LogP contribution in [0.1, 0.15) is 46.5 Å². The molecule has 0 aromatic rings. The lowest BCUT2D eigenvalue weighted by molar-refractivity contribution is 0.203. The highest BCUT2D eigenvalue weighted by Gasteiger charge is 2.21. The summed E-state index contributed by atoms with van der Waals surface area (Å²) >= 11 is 0. The monoisotopic (exact) mass is 219 g/mol. The Hall–Kier alpha value is 0.0969. The summed E-state index contributed by atoms with van der Waals surface area (Å²) in [5.74, 6) is 0. The van der Waals surface area contributed by atoms with Gasteiger partial charge in [-0.1, -0.05) is 26.2 Å². The smallest absolute Gasteiger partial charge is 0.338 e. The van der Waals surface area contributed by atoms with Gasteiger partial charge in [-0.25, -0.2) is 0 Å². The molecule has 0 aliphatic heterocycles. The van der Waals surface area contributed by atoms with E-state index in [1.807, 2.05) is 13.8 Å². The van der Waals surface area contributed by atoms with Gasteiger partial charge in [-0.3, -0.25) is 0 Å². The molecule has 86 valence electrons. The van der Waals surface area contributed by atoms with E-state index in [0.29, 0.717) is 0 Å². The predicted molar refractivity (Wildman–Crippen MR) is 62.5 cm³/mol. The van der Waals surface area contributed by atoms with E-state index in [0.717, 1.165) is 19.6 Å². The van der Waals surface area contributed by atoms with Crippen LogP contribution < -0.4 is 5.73 Å². The third kappa shape index (κ3) is 6.54. The summed E-state index contributed by atoms with van der Waals surface area (Å²) in [5.41, 5.74) is 6.20. The van der Waals surface area contributed by atoms with E-state index in [4.69, 9.17) is 14.6 Å². The Morgan fingerprint density at radius 1 is 1.07 bits per heavy atom. The molecule has 0 radical (unpaired) electrons. The van der Waals surface area contributed by atoms with Crippen LogP contribution in [0.15, 0.2) is 0 Å². The van der Waals surface area contributed by atoms with Crippen LogP contribution in [0.25, 0.3) is 0 Å². The van der Waals surface area contributed by atoms with Crippen LogP contribution in [-0.2, 0) is 8.85 Å². The molecule has 0 aromatic carbocycles. The first kappa shape index (κ1) is 14.1. The summed E-state index contributed by atoms with van der Waals surface area (Å²) < 4.78 is 11.1. The number of hydrogen-bond donors (Lipinski definition) is 1. The van der Waals surface area contributed by atoms with Crippen molar-refractivity contribution in [3.63, 3.8) is 0 Å². The molecule has 0 saturated heterocycles. The van der Waals surface area contributed by atoms with E-state index < -0.39 is 9.28 Å². The number of rotatable bonds is 9. The molecule has 0 rings (SSSR count). The highest BCUT2D eigenvalue weighted by Crippen LogP contribution is 2.06. The van der Waals surface area contributed by atoms with Crippen LogP contribution in [-0.4, -0.2) is 28.2 Å². The Balaban J connectivity index is 3.69. The molecule has 14 heavy (non-hydrogen) atoms. The lowest BCUT2D eigenvalue weighted by Crippen LogP contribution is -2.43. The molecule has 0 aliphatic carbocycles. The average Bonchev–Trinajstić information content (AvgIpc) is 2.18. The van der Waals surface area contributed by atoms with Gasteiger partial charge in [0.25, 0.3) is 0 Å². The summed E-state index contributed by atoms with van der Waals surface area (Å²) in [6.07, 6.45) is 4.74. The zero-order chi connectivity index (χ0) is 10.8. The number of nitrogens with two attached hydrogens (primary N) is 1. The van der Waals surface area contributed by atoms with Gasteiger partial charge in [0.2, 0.25) is 0 Å². The van der Waals surface area contributed by atoms with E-state index >= 15 is 0 Å². The molecule has 1 atom stereocenters. The van der Waals surface area contributed by atoms with E-state index in [1.54, 1.807) is 0 Å². The molecule has 3 nitrogen and oxygen atoms in total. The molecule has 0 aromatic heterocycles. The number of unbranched alkanes of at least 4 members (excludes halogenated alkanes) is 2. The van der Waals surface area contributed by atoms with Crippen LogP contribution in [0.4, 0.5) is 0 Å². The van der Waals surface area contributed by atoms with Crippen molar-refractivity contribution in [2.75, 3.05) is 13.2 Å². The summed E-state index contributed by atoms with van der Waals surface area (Å²) in [7, 11) is -1.59. The minimum absolute atomic E-state index is 0.154.